The number of aromatic nitrogens is 1. The number of halogens is 2. The van der Waals surface area contributed by atoms with E-state index in [1.165, 1.54) is 13.8 Å². The molecule has 0 radical (unpaired) electrons. The third kappa shape index (κ3) is 3.12. The molecule has 0 amide bonds. The fourth-order valence-electron chi connectivity index (χ4n) is 2.56. The molecule has 1 heterocycles. The summed E-state index contributed by atoms with van der Waals surface area (Å²) in [7, 11) is 0. The van der Waals surface area contributed by atoms with Gasteiger partial charge in [-0.1, -0.05) is 12.1 Å². The number of fused-ring (bicyclic) bond motifs is 1. The van der Waals surface area contributed by atoms with Crippen LogP contribution in [-0.4, -0.2) is 16.1 Å². The van der Waals surface area contributed by atoms with Crippen molar-refractivity contribution in [3.8, 4) is 5.75 Å². The Morgan fingerprint density at radius 3 is 2.54 bits per heavy atom. The summed E-state index contributed by atoms with van der Waals surface area (Å²) in [5, 5.41) is 9.21. The highest BCUT2D eigenvalue weighted by molar-refractivity contribution is 5.80. The molecule has 0 saturated heterocycles. The van der Waals surface area contributed by atoms with Crippen LogP contribution in [0.5, 0.6) is 5.75 Å². The maximum atomic E-state index is 14.3. The summed E-state index contributed by atoms with van der Waals surface area (Å²) in [6.07, 6.45) is 0. The number of hydrogen-bond donors (Lipinski definition) is 1. The predicted molar refractivity (Wildman–Crippen MR) is 90.1 cm³/mol. The van der Waals surface area contributed by atoms with Gasteiger partial charge in [-0.3, -0.25) is 4.79 Å². The Labute approximate surface area is 148 Å². The molecule has 136 valence electrons. The van der Waals surface area contributed by atoms with Crippen molar-refractivity contribution >= 4 is 17.1 Å². The molecule has 0 spiro atoms. The van der Waals surface area contributed by atoms with Crippen LogP contribution in [0.3, 0.4) is 0 Å². The third-order valence-electron chi connectivity index (χ3n) is 4.23. The first kappa shape index (κ1) is 17.8. The van der Waals surface area contributed by atoms with Crippen LogP contribution in [0, 0.1) is 18.6 Å². The molecule has 0 aliphatic heterocycles. The summed E-state index contributed by atoms with van der Waals surface area (Å²) >= 11 is 0. The van der Waals surface area contributed by atoms with Gasteiger partial charge < -0.3 is 14.3 Å². The molecule has 7 heteroatoms. The number of para-hydroxylation sites is 1. The van der Waals surface area contributed by atoms with Crippen molar-refractivity contribution in [2.45, 2.75) is 32.8 Å². The van der Waals surface area contributed by atoms with Crippen molar-refractivity contribution in [2.24, 2.45) is 0 Å². The zero-order chi connectivity index (χ0) is 19.1. The minimum absolute atomic E-state index is 0.0142. The summed E-state index contributed by atoms with van der Waals surface area (Å²) in [4.78, 5) is 15.5. The third-order valence-corrected chi connectivity index (χ3v) is 4.23. The van der Waals surface area contributed by atoms with Crippen molar-refractivity contribution in [1.82, 2.24) is 4.98 Å². The lowest BCUT2D eigenvalue weighted by Crippen LogP contribution is -2.28. The van der Waals surface area contributed by atoms with E-state index in [0.717, 1.165) is 12.1 Å². The molecular formula is C19H17F2NO4. The second-order valence-corrected chi connectivity index (χ2v) is 6.49. The van der Waals surface area contributed by atoms with Gasteiger partial charge in [-0.25, -0.2) is 13.8 Å². The second kappa shape index (κ2) is 6.40. The van der Waals surface area contributed by atoms with Gasteiger partial charge in [0.25, 0.3) is 0 Å². The van der Waals surface area contributed by atoms with E-state index >= 15 is 0 Å². The van der Waals surface area contributed by atoms with Gasteiger partial charge in [-0.05, 0) is 37.6 Å². The van der Waals surface area contributed by atoms with Crippen molar-refractivity contribution in [3.63, 3.8) is 0 Å². The number of carbonyl (C=O) groups is 1. The molecule has 0 aliphatic rings. The first-order valence-electron chi connectivity index (χ1n) is 7.91. The average molecular weight is 361 g/mol. The van der Waals surface area contributed by atoms with E-state index in [9.17, 15) is 18.7 Å². The van der Waals surface area contributed by atoms with Crippen LogP contribution in [0.1, 0.15) is 30.9 Å². The standard InChI is InChI=1S/C19H17F2NO4/c1-10-22-15-6-4-5-11(16(15)26-10)9-25-17-13(20)7-12(8-14(17)21)19(2,3)18(23)24/h4-8H,9H2,1-3H3,(H,23,24). The number of oxazole rings is 1. The molecule has 2 aromatic carbocycles. The van der Waals surface area contributed by atoms with Crippen LogP contribution in [0.4, 0.5) is 8.78 Å². The molecule has 26 heavy (non-hydrogen) atoms. The Morgan fingerprint density at radius 1 is 1.27 bits per heavy atom. The molecule has 3 aromatic rings. The molecule has 0 fully saturated rings. The summed E-state index contributed by atoms with van der Waals surface area (Å²) in [5.41, 5.74) is 0.304. The van der Waals surface area contributed by atoms with Gasteiger partial charge >= 0.3 is 5.97 Å². The van der Waals surface area contributed by atoms with Crippen LogP contribution in [0.25, 0.3) is 11.1 Å². The van der Waals surface area contributed by atoms with Gasteiger partial charge in [0.15, 0.2) is 28.9 Å². The Balaban J connectivity index is 1.90. The van der Waals surface area contributed by atoms with Crippen molar-refractivity contribution in [3.05, 3.63) is 59.0 Å². The quantitative estimate of drug-likeness (QED) is 0.731. The number of carboxylic acids is 1. The monoisotopic (exact) mass is 361 g/mol. The fraction of sp³-hybridized carbons (Fsp3) is 0.263. The lowest BCUT2D eigenvalue weighted by atomic mass is 9.84. The predicted octanol–water partition coefficient (Wildman–Crippen LogP) is 4.36. The van der Waals surface area contributed by atoms with Crippen LogP contribution >= 0.6 is 0 Å². The molecular weight excluding hydrogens is 344 g/mol. The van der Waals surface area contributed by atoms with E-state index in [-0.39, 0.29) is 12.2 Å². The van der Waals surface area contributed by atoms with Crippen molar-refractivity contribution in [2.75, 3.05) is 0 Å². The zero-order valence-corrected chi connectivity index (χ0v) is 14.5. The highest BCUT2D eigenvalue weighted by Crippen LogP contribution is 2.31. The van der Waals surface area contributed by atoms with E-state index < -0.39 is 28.8 Å². The van der Waals surface area contributed by atoms with Crippen molar-refractivity contribution in [1.29, 1.82) is 0 Å². The molecule has 0 atom stereocenters. The number of aliphatic carboxylic acids is 1. The minimum Gasteiger partial charge on any atom is -0.483 e. The van der Waals surface area contributed by atoms with E-state index in [0.29, 0.717) is 22.6 Å². The van der Waals surface area contributed by atoms with Gasteiger partial charge in [0, 0.05) is 12.5 Å². The zero-order valence-electron chi connectivity index (χ0n) is 14.5. The van der Waals surface area contributed by atoms with Gasteiger partial charge in [0.1, 0.15) is 12.1 Å². The Kier molecular flexibility index (Phi) is 4.39. The molecule has 5 nitrogen and oxygen atoms in total. The SMILES string of the molecule is Cc1nc2cccc(COc3c(F)cc(C(C)(C)C(=O)O)cc3F)c2o1. The summed E-state index contributed by atoms with van der Waals surface area (Å²) in [6, 6.07) is 7.18. The summed E-state index contributed by atoms with van der Waals surface area (Å²) in [6.45, 7) is 4.32. The van der Waals surface area contributed by atoms with Crippen LogP contribution in [-0.2, 0) is 16.8 Å². The normalized spacial score (nSPS) is 11.7. The average Bonchev–Trinajstić information content (AvgIpc) is 2.94. The smallest absolute Gasteiger partial charge is 0.313 e. The Bertz CT molecular complexity index is 971. The van der Waals surface area contributed by atoms with Crippen LogP contribution < -0.4 is 4.74 Å². The van der Waals surface area contributed by atoms with Gasteiger partial charge in [0.05, 0.1) is 5.41 Å². The van der Waals surface area contributed by atoms with Gasteiger partial charge in [-0.2, -0.15) is 0 Å². The summed E-state index contributed by atoms with van der Waals surface area (Å²) < 4.78 is 39.5. The number of ether oxygens (including phenoxy) is 1. The minimum atomic E-state index is -1.43. The molecule has 0 unspecified atom stereocenters. The lowest BCUT2D eigenvalue weighted by molar-refractivity contribution is -0.142. The maximum absolute atomic E-state index is 14.3. The number of benzene rings is 2. The molecule has 1 aromatic heterocycles. The number of rotatable bonds is 5. The number of hydrogen-bond acceptors (Lipinski definition) is 4. The largest absolute Gasteiger partial charge is 0.483 e. The fourth-order valence-corrected chi connectivity index (χ4v) is 2.56. The number of carboxylic acid groups (broad SMARTS) is 1. The second-order valence-electron chi connectivity index (χ2n) is 6.49. The number of nitrogens with zero attached hydrogens (tertiary/aromatic N) is 1. The van der Waals surface area contributed by atoms with Crippen molar-refractivity contribution < 1.29 is 27.8 Å². The topological polar surface area (TPSA) is 72.6 Å². The lowest BCUT2D eigenvalue weighted by Gasteiger charge is -2.20. The maximum Gasteiger partial charge on any atom is 0.313 e. The first-order valence-corrected chi connectivity index (χ1v) is 7.91. The highest BCUT2D eigenvalue weighted by Gasteiger charge is 2.31. The van der Waals surface area contributed by atoms with E-state index in [1.54, 1.807) is 25.1 Å². The molecule has 3 rings (SSSR count). The van der Waals surface area contributed by atoms with Gasteiger partial charge in [0.2, 0.25) is 0 Å². The van der Waals surface area contributed by atoms with Crippen LogP contribution in [0.2, 0.25) is 0 Å². The van der Waals surface area contributed by atoms with Crippen LogP contribution in [0.15, 0.2) is 34.7 Å². The van der Waals surface area contributed by atoms with E-state index in [2.05, 4.69) is 4.98 Å². The molecule has 0 aliphatic carbocycles. The van der Waals surface area contributed by atoms with E-state index in [4.69, 9.17) is 9.15 Å². The first-order chi connectivity index (χ1) is 12.2. The Hall–Kier alpha value is -2.96. The molecule has 1 N–H and O–H groups in total. The van der Waals surface area contributed by atoms with Gasteiger partial charge in [-0.15, -0.1) is 0 Å². The highest BCUT2D eigenvalue weighted by atomic mass is 19.1. The summed E-state index contributed by atoms with van der Waals surface area (Å²) in [5.74, 6) is -3.20. The molecule has 0 bridgehead atoms. The Morgan fingerprint density at radius 2 is 1.92 bits per heavy atom. The molecule has 0 saturated carbocycles. The number of aryl methyl sites for hydroxylation is 1. The van der Waals surface area contributed by atoms with E-state index in [1.807, 2.05) is 0 Å².